The first-order valence-corrected chi connectivity index (χ1v) is 8.88. The minimum atomic E-state index is -1.46. The topological polar surface area (TPSA) is 34.1 Å². The number of halogens is 2. The molecule has 0 radical (unpaired) electrons. The molecule has 1 unspecified atom stereocenters. The van der Waals surface area contributed by atoms with E-state index in [1.807, 2.05) is 36.4 Å². The van der Waals surface area contributed by atoms with Gasteiger partial charge in [-0.05, 0) is 28.8 Å². The van der Waals surface area contributed by atoms with Crippen LogP contribution < -0.4 is 0 Å². The number of carbonyl (C=O) groups is 2. The van der Waals surface area contributed by atoms with Gasteiger partial charge in [-0.2, -0.15) is 0 Å². The number of hydrogen-bond donors (Lipinski definition) is 0. The van der Waals surface area contributed by atoms with E-state index in [1.165, 1.54) is 0 Å². The van der Waals surface area contributed by atoms with Gasteiger partial charge < -0.3 is 4.79 Å². The van der Waals surface area contributed by atoms with Crippen molar-refractivity contribution in [3.63, 3.8) is 0 Å². The quantitative estimate of drug-likeness (QED) is 0.326. The summed E-state index contributed by atoms with van der Waals surface area (Å²) in [4.78, 5) is 23.9. The number of aldehydes is 1. The highest BCUT2D eigenvalue weighted by molar-refractivity contribution is 6.39. The maximum absolute atomic E-state index is 13.5. The van der Waals surface area contributed by atoms with Crippen molar-refractivity contribution in [3.05, 3.63) is 107 Å². The zero-order valence-electron chi connectivity index (χ0n) is 13.8. The molecule has 26 heavy (non-hydrogen) atoms. The first-order valence-electron chi connectivity index (χ1n) is 8.12. The first kappa shape index (κ1) is 18.4. The lowest BCUT2D eigenvalue weighted by Crippen LogP contribution is -2.36. The van der Waals surface area contributed by atoms with Gasteiger partial charge in [-0.1, -0.05) is 84.4 Å². The van der Waals surface area contributed by atoms with E-state index in [0.29, 0.717) is 28.0 Å². The summed E-state index contributed by atoms with van der Waals surface area (Å²) in [6, 6.07) is 24.8. The van der Waals surface area contributed by atoms with E-state index in [9.17, 15) is 9.59 Å². The third kappa shape index (κ3) is 3.44. The van der Waals surface area contributed by atoms with Crippen LogP contribution in [-0.2, 0) is 14.5 Å². The second-order valence-electron chi connectivity index (χ2n) is 5.92. The maximum Gasteiger partial charge on any atom is 0.177 e. The molecule has 1 atom stereocenters. The smallest absolute Gasteiger partial charge is 0.177 e. The van der Waals surface area contributed by atoms with E-state index < -0.39 is 16.6 Å². The molecule has 2 nitrogen and oxygen atoms in total. The Morgan fingerprint density at radius 2 is 1.27 bits per heavy atom. The summed E-state index contributed by atoms with van der Waals surface area (Å²) in [5, 5.41) is 0.536. The Morgan fingerprint density at radius 1 is 0.808 bits per heavy atom. The van der Waals surface area contributed by atoms with Crippen molar-refractivity contribution < 1.29 is 9.59 Å². The van der Waals surface area contributed by atoms with E-state index in [4.69, 9.17) is 23.2 Å². The lowest BCUT2D eigenvalue weighted by molar-refractivity contribution is -0.125. The Bertz CT molecular complexity index is 851. The van der Waals surface area contributed by atoms with Crippen LogP contribution in [0.1, 0.15) is 22.6 Å². The van der Waals surface area contributed by atoms with Gasteiger partial charge >= 0.3 is 0 Å². The highest BCUT2D eigenvalue weighted by atomic mass is 35.5. The monoisotopic (exact) mass is 382 g/mol. The summed E-state index contributed by atoms with van der Waals surface area (Å²) in [5.41, 5.74) is 1.81. The zero-order chi connectivity index (χ0) is 18.6. The molecule has 0 amide bonds. The van der Waals surface area contributed by atoms with Crippen LogP contribution in [-0.4, -0.2) is 12.1 Å². The second-order valence-corrected chi connectivity index (χ2v) is 6.92. The summed E-state index contributed by atoms with van der Waals surface area (Å²) in [7, 11) is 0. The van der Waals surface area contributed by atoms with E-state index in [-0.39, 0.29) is 0 Å². The van der Waals surface area contributed by atoms with Gasteiger partial charge in [0.1, 0.15) is 12.2 Å². The molecule has 0 aromatic heterocycles. The van der Waals surface area contributed by atoms with Crippen LogP contribution in [0.25, 0.3) is 0 Å². The predicted octanol–water partition coefficient (Wildman–Crippen LogP) is 5.37. The molecule has 0 aliphatic heterocycles. The van der Waals surface area contributed by atoms with Crippen molar-refractivity contribution in [2.45, 2.75) is 10.8 Å². The Morgan fingerprint density at radius 3 is 1.69 bits per heavy atom. The van der Waals surface area contributed by atoms with Gasteiger partial charge in [-0.15, -0.1) is 11.6 Å². The van der Waals surface area contributed by atoms with Gasteiger partial charge in [0.25, 0.3) is 0 Å². The molecule has 0 saturated carbocycles. The molecule has 4 heteroatoms. The van der Waals surface area contributed by atoms with Crippen LogP contribution in [0, 0.1) is 0 Å². The number of carbonyl (C=O) groups excluding carboxylic acids is 2. The lowest BCUT2D eigenvalue weighted by Gasteiger charge is -2.29. The molecule has 0 aliphatic carbocycles. The summed E-state index contributed by atoms with van der Waals surface area (Å²) in [6.07, 6.45) is 0.634. The Hall–Kier alpha value is -2.42. The number of ketones is 1. The maximum atomic E-state index is 13.5. The van der Waals surface area contributed by atoms with Crippen molar-refractivity contribution >= 4 is 35.3 Å². The minimum absolute atomic E-state index is 0.395. The van der Waals surface area contributed by atoms with Crippen molar-refractivity contribution in [2.75, 3.05) is 0 Å². The van der Waals surface area contributed by atoms with Crippen LogP contribution in [0.4, 0.5) is 0 Å². The number of benzene rings is 3. The van der Waals surface area contributed by atoms with Crippen molar-refractivity contribution in [3.8, 4) is 0 Å². The van der Waals surface area contributed by atoms with E-state index in [0.717, 1.165) is 0 Å². The molecule has 130 valence electrons. The number of rotatable bonds is 6. The molecule has 0 saturated heterocycles. The molecule has 3 aromatic rings. The average molecular weight is 383 g/mol. The molecular weight excluding hydrogens is 367 g/mol. The normalized spacial score (nSPS) is 12.4. The standard InChI is InChI=1S/C22H16Cl2O2/c23-19-13-11-16(12-14-19)20(15-25)21(26)22(24,17-7-3-1-4-8-17)18-9-5-2-6-10-18/h1-15,20H. The lowest BCUT2D eigenvalue weighted by atomic mass is 9.79. The molecule has 0 bridgehead atoms. The molecule has 0 aliphatic rings. The number of hydrogen-bond acceptors (Lipinski definition) is 2. The number of alkyl halides is 1. The van der Waals surface area contributed by atoms with Gasteiger partial charge in [0.2, 0.25) is 0 Å². The van der Waals surface area contributed by atoms with Gasteiger partial charge in [0.15, 0.2) is 10.7 Å². The van der Waals surface area contributed by atoms with Gasteiger partial charge in [-0.25, -0.2) is 0 Å². The zero-order valence-corrected chi connectivity index (χ0v) is 15.3. The molecular formula is C22H16Cl2O2. The Kier molecular flexibility index (Phi) is 5.55. The van der Waals surface area contributed by atoms with Gasteiger partial charge in [0.05, 0.1) is 0 Å². The predicted molar refractivity (Wildman–Crippen MR) is 105 cm³/mol. The largest absolute Gasteiger partial charge is 0.302 e. The summed E-state index contributed by atoms with van der Waals surface area (Å²) < 4.78 is 0. The Labute approximate surface area is 162 Å². The van der Waals surface area contributed by atoms with Crippen molar-refractivity contribution in [1.29, 1.82) is 0 Å². The van der Waals surface area contributed by atoms with Crippen molar-refractivity contribution in [1.82, 2.24) is 0 Å². The van der Waals surface area contributed by atoms with E-state index in [2.05, 4.69) is 0 Å². The fourth-order valence-corrected chi connectivity index (χ4v) is 3.46. The van der Waals surface area contributed by atoms with Gasteiger partial charge in [-0.3, -0.25) is 4.79 Å². The second kappa shape index (κ2) is 7.86. The average Bonchev–Trinajstić information content (AvgIpc) is 2.70. The molecule has 0 heterocycles. The third-order valence-corrected chi connectivity index (χ3v) is 5.21. The molecule has 3 rings (SSSR count). The molecule has 0 fully saturated rings. The summed E-state index contributed by atoms with van der Waals surface area (Å²) in [6.45, 7) is 0. The fourth-order valence-electron chi connectivity index (χ4n) is 2.96. The minimum Gasteiger partial charge on any atom is -0.302 e. The SMILES string of the molecule is O=CC(C(=O)C(Cl)(c1ccccc1)c1ccccc1)c1ccc(Cl)cc1. The van der Waals surface area contributed by atoms with Gasteiger partial charge in [0, 0.05) is 5.02 Å². The highest BCUT2D eigenvalue weighted by Gasteiger charge is 2.43. The highest BCUT2D eigenvalue weighted by Crippen LogP contribution is 2.41. The van der Waals surface area contributed by atoms with E-state index in [1.54, 1.807) is 48.5 Å². The Balaban J connectivity index is 2.13. The first-order chi connectivity index (χ1) is 12.6. The van der Waals surface area contributed by atoms with Crippen LogP contribution in [0.5, 0.6) is 0 Å². The third-order valence-electron chi connectivity index (χ3n) is 4.33. The fraction of sp³-hybridized carbons (Fsp3) is 0.0909. The van der Waals surface area contributed by atoms with E-state index >= 15 is 0 Å². The van der Waals surface area contributed by atoms with Crippen LogP contribution >= 0.6 is 23.2 Å². The number of Topliss-reactive ketones (excluding diaryl/α,β-unsaturated/α-hetero) is 1. The van der Waals surface area contributed by atoms with Crippen LogP contribution in [0.3, 0.4) is 0 Å². The van der Waals surface area contributed by atoms with Crippen LogP contribution in [0.15, 0.2) is 84.9 Å². The summed E-state index contributed by atoms with van der Waals surface area (Å²) in [5.74, 6) is -1.39. The van der Waals surface area contributed by atoms with Crippen LogP contribution in [0.2, 0.25) is 5.02 Å². The molecule has 3 aromatic carbocycles. The molecule has 0 spiro atoms. The molecule has 0 N–H and O–H groups in total. The summed E-state index contributed by atoms with van der Waals surface area (Å²) >= 11 is 12.9. The van der Waals surface area contributed by atoms with Crippen molar-refractivity contribution in [2.24, 2.45) is 0 Å².